The second-order valence-electron chi connectivity index (χ2n) is 4.73. The summed E-state index contributed by atoms with van der Waals surface area (Å²) < 4.78 is 20.0. The Kier molecular flexibility index (Phi) is 3.09. The van der Waals surface area contributed by atoms with Gasteiger partial charge in [0.1, 0.15) is 18.5 Å². The molecule has 1 saturated heterocycles. The molecule has 0 spiro atoms. The Labute approximate surface area is 107 Å². The number of nitrogens with zero attached hydrogens (tertiary/aromatic N) is 2. The van der Waals surface area contributed by atoms with Crippen molar-refractivity contribution in [2.24, 2.45) is 5.73 Å². The average Bonchev–Trinajstić information content (AvgIpc) is 2.51. The number of hydrogen-bond donors (Lipinski definition) is 4. The molecule has 1 aliphatic heterocycles. The molecule has 0 bridgehead atoms. The SMILES string of the molecule is CC1(N)C(n2ccc(N)nc2=O)OC(F)(CO)C1O. The van der Waals surface area contributed by atoms with Crippen LogP contribution in [-0.2, 0) is 4.74 Å². The minimum atomic E-state index is -2.74. The number of rotatable bonds is 2. The largest absolute Gasteiger partial charge is 0.390 e. The van der Waals surface area contributed by atoms with Crippen molar-refractivity contribution in [3.8, 4) is 0 Å². The molecule has 0 radical (unpaired) electrons. The van der Waals surface area contributed by atoms with Crippen LogP contribution >= 0.6 is 0 Å². The van der Waals surface area contributed by atoms with Crippen LogP contribution in [0.5, 0.6) is 0 Å². The van der Waals surface area contributed by atoms with Gasteiger partial charge in [-0.15, -0.1) is 0 Å². The Bertz CT molecular complexity index is 549. The van der Waals surface area contributed by atoms with Crippen LogP contribution in [0.2, 0.25) is 0 Å². The number of hydrogen-bond acceptors (Lipinski definition) is 7. The zero-order valence-corrected chi connectivity index (χ0v) is 10.2. The lowest BCUT2D eigenvalue weighted by atomic mass is 9.92. The van der Waals surface area contributed by atoms with Gasteiger partial charge in [0.15, 0.2) is 6.23 Å². The fourth-order valence-electron chi connectivity index (χ4n) is 2.06. The maximum Gasteiger partial charge on any atom is 0.351 e. The van der Waals surface area contributed by atoms with Crippen molar-refractivity contribution < 1.29 is 19.3 Å². The molecule has 1 aliphatic rings. The molecule has 2 heterocycles. The molecule has 1 aromatic heterocycles. The third kappa shape index (κ3) is 2.00. The number of anilines is 1. The maximum atomic E-state index is 14.1. The highest BCUT2D eigenvalue weighted by molar-refractivity contribution is 5.24. The van der Waals surface area contributed by atoms with Gasteiger partial charge in [-0.05, 0) is 13.0 Å². The summed E-state index contributed by atoms with van der Waals surface area (Å²) in [5.41, 5.74) is 8.73. The molecule has 9 heteroatoms. The van der Waals surface area contributed by atoms with Gasteiger partial charge >= 0.3 is 5.69 Å². The molecule has 4 atom stereocenters. The number of aromatic nitrogens is 2. The van der Waals surface area contributed by atoms with E-state index in [0.717, 1.165) is 4.57 Å². The normalized spacial score (nSPS) is 38.6. The average molecular weight is 274 g/mol. The molecule has 0 amide bonds. The van der Waals surface area contributed by atoms with E-state index in [4.69, 9.17) is 21.3 Å². The highest BCUT2D eigenvalue weighted by Crippen LogP contribution is 2.42. The van der Waals surface area contributed by atoms with Crippen molar-refractivity contribution in [2.75, 3.05) is 12.3 Å². The standard InChI is InChI=1S/C10H15FN4O4/c1-9(13)6(17)10(11,4-16)19-7(9)15-3-2-5(12)14-8(15)18/h2-3,6-7,16-17H,4,13H2,1H3,(H2,12,14,18). The highest BCUT2D eigenvalue weighted by atomic mass is 19.2. The lowest BCUT2D eigenvalue weighted by Gasteiger charge is -2.28. The number of halogens is 1. The van der Waals surface area contributed by atoms with Crippen molar-refractivity contribution in [3.05, 3.63) is 22.7 Å². The fourth-order valence-corrected chi connectivity index (χ4v) is 2.06. The molecule has 106 valence electrons. The van der Waals surface area contributed by atoms with Gasteiger partial charge < -0.3 is 26.4 Å². The van der Waals surface area contributed by atoms with Crippen LogP contribution in [0.15, 0.2) is 17.1 Å². The third-order valence-electron chi connectivity index (χ3n) is 3.16. The molecular formula is C10H15FN4O4. The van der Waals surface area contributed by atoms with E-state index in [2.05, 4.69) is 4.98 Å². The minimum absolute atomic E-state index is 0.00723. The number of ether oxygens (including phenoxy) is 1. The van der Waals surface area contributed by atoms with Crippen LogP contribution in [0.4, 0.5) is 10.2 Å². The predicted octanol–water partition coefficient (Wildman–Crippen LogP) is -1.91. The van der Waals surface area contributed by atoms with E-state index in [9.17, 15) is 14.3 Å². The van der Waals surface area contributed by atoms with E-state index in [1.807, 2.05) is 0 Å². The van der Waals surface area contributed by atoms with Crippen molar-refractivity contribution in [3.63, 3.8) is 0 Å². The van der Waals surface area contributed by atoms with Gasteiger partial charge in [-0.25, -0.2) is 9.18 Å². The van der Waals surface area contributed by atoms with Crippen LogP contribution < -0.4 is 17.2 Å². The zero-order chi connectivity index (χ0) is 14.4. The monoisotopic (exact) mass is 274 g/mol. The van der Waals surface area contributed by atoms with Gasteiger partial charge in [0.2, 0.25) is 0 Å². The Morgan fingerprint density at radius 2 is 2.32 bits per heavy atom. The molecule has 19 heavy (non-hydrogen) atoms. The van der Waals surface area contributed by atoms with Crippen molar-refractivity contribution in [2.45, 2.75) is 30.6 Å². The number of alkyl halides is 1. The van der Waals surface area contributed by atoms with Gasteiger partial charge in [0.25, 0.3) is 5.85 Å². The van der Waals surface area contributed by atoms with E-state index < -0.39 is 36.0 Å². The molecule has 1 aromatic rings. The molecule has 0 saturated carbocycles. The topological polar surface area (TPSA) is 137 Å². The summed E-state index contributed by atoms with van der Waals surface area (Å²) in [7, 11) is 0. The first-order valence-electron chi connectivity index (χ1n) is 5.51. The van der Waals surface area contributed by atoms with Gasteiger partial charge in [-0.3, -0.25) is 4.57 Å². The second kappa shape index (κ2) is 4.23. The molecule has 0 aliphatic carbocycles. The molecule has 0 aromatic carbocycles. The molecule has 8 nitrogen and oxygen atoms in total. The van der Waals surface area contributed by atoms with Crippen LogP contribution in [0.25, 0.3) is 0 Å². The Morgan fingerprint density at radius 3 is 2.79 bits per heavy atom. The summed E-state index contributed by atoms with van der Waals surface area (Å²) in [6, 6.07) is 1.31. The molecule has 2 rings (SSSR count). The summed E-state index contributed by atoms with van der Waals surface area (Å²) in [4.78, 5) is 15.2. The minimum Gasteiger partial charge on any atom is -0.390 e. The number of nitrogen functional groups attached to an aromatic ring is 1. The maximum absolute atomic E-state index is 14.1. The first kappa shape index (κ1) is 13.9. The van der Waals surface area contributed by atoms with E-state index >= 15 is 0 Å². The third-order valence-corrected chi connectivity index (χ3v) is 3.16. The molecule has 4 unspecified atom stereocenters. The van der Waals surface area contributed by atoms with Crippen LogP contribution in [-0.4, -0.2) is 43.9 Å². The number of nitrogens with two attached hydrogens (primary N) is 2. The highest BCUT2D eigenvalue weighted by Gasteiger charge is 2.61. The lowest BCUT2D eigenvalue weighted by molar-refractivity contribution is -0.207. The van der Waals surface area contributed by atoms with Crippen LogP contribution in [0.1, 0.15) is 13.2 Å². The quantitative estimate of drug-likeness (QED) is 0.494. The summed E-state index contributed by atoms with van der Waals surface area (Å²) >= 11 is 0. The Morgan fingerprint density at radius 1 is 1.68 bits per heavy atom. The van der Waals surface area contributed by atoms with Crippen molar-refractivity contribution in [1.29, 1.82) is 0 Å². The number of aliphatic hydroxyl groups excluding tert-OH is 2. The van der Waals surface area contributed by atoms with Gasteiger partial charge in [-0.2, -0.15) is 4.98 Å². The van der Waals surface area contributed by atoms with Gasteiger partial charge in [-0.1, -0.05) is 0 Å². The van der Waals surface area contributed by atoms with Crippen molar-refractivity contribution in [1.82, 2.24) is 9.55 Å². The van der Waals surface area contributed by atoms with Gasteiger partial charge in [0.05, 0.1) is 5.54 Å². The first-order chi connectivity index (χ1) is 8.72. The van der Waals surface area contributed by atoms with Crippen LogP contribution in [0.3, 0.4) is 0 Å². The first-order valence-corrected chi connectivity index (χ1v) is 5.51. The summed E-state index contributed by atoms with van der Waals surface area (Å²) in [6.45, 7) is 0.219. The summed E-state index contributed by atoms with van der Waals surface area (Å²) in [5, 5.41) is 18.8. The van der Waals surface area contributed by atoms with E-state index in [1.165, 1.54) is 19.2 Å². The Balaban J connectivity index is 2.48. The molecule has 6 N–H and O–H groups in total. The smallest absolute Gasteiger partial charge is 0.351 e. The van der Waals surface area contributed by atoms with Gasteiger partial charge in [0, 0.05) is 6.20 Å². The number of aliphatic hydroxyl groups is 2. The van der Waals surface area contributed by atoms with Crippen LogP contribution in [0, 0.1) is 0 Å². The second-order valence-corrected chi connectivity index (χ2v) is 4.73. The van der Waals surface area contributed by atoms with E-state index in [0.29, 0.717) is 0 Å². The van der Waals surface area contributed by atoms with E-state index in [1.54, 1.807) is 0 Å². The zero-order valence-electron chi connectivity index (χ0n) is 10.2. The van der Waals surface area contributed by atoms with Crippen molar-refractivity contribution >= 4 is 5.82 Å². The predicted molar refractivity (Wildman–Crippen MR) is 62.6 cm³/mol. The van der Waals surface area contributed by atoms with E-state index in [-0.39, 0.29) is 5.82 Å². The summed E-state index contributed by atoms with van der Waals surface area (Å²) in [6.07, 6.45) is -1.89. The molecular weight excluding hydrogens is 259 g/mol. The summed E-state index contributed by atoms with van der Waals surface area (Å²) in [5.74, 6) is -2.75. The lowest BCUT2D eigenvalue weighted by Crippen LogP contribution is -2.55. The fraction of sp³-hybridized carbons (Fsp3) is 0.600. The Hall–Kier alpha value is -1.55. The molecule has 1 fully saturated rings.